The Kier molecular flexibility index (Phi) is 13.9. The van der Waals surface area contributed by atoms with Crippen molar-refractivity contribution >= 4 is 29.3 Å². The summed E-state index contributed by atoms with van der Waals surface area (Å²) < 4.78 is 26.0. The number of benzene rings is 2. The van der Waals surface area contributed by atoms with Gasteiger partial charge in [0.15, 0.2) is 0 Å². The lowest BCUT2D eigenvalue weighted by molar-refractivity contribution is -0.0115. The molecule has 4 N–H and O–H groups in total. The van der Waals surface area contributed by atoms with Crippen LogP contribution in [0.2, 0.25) is 0 Å². The van der Waals surface area contributed by atoms with Crippen LogP contribution in [0.25, 0.3) is 0 Å². The molecule has 4 atom stereocenters. The Morgan fingerprint density at radius 3 is 2.40 bits per heavy atom. The van der Waals surface area contributed by atoms with Gasteiger partial charge in [-0.3, -0.25) is 4.79 Å². The number of carbonyl (C=O) groups excluding carboxylic acids is 3. The zero-order valence-corrected chi connectivity index (χ0v) is 28.7. The van der Waals surface area contributed by atoms with Crippen LogP contribution in [0.5, 0.6) is 5.75 Å². The molecule has 0 unspecified atom stereocenters. The number of anilines is 2. The van der Waals surface area contributed by atoms with E-state index < -0.39 is 18.0 Å². The number of carbonyl (C=O) groups is 3. The fourth-order valence-corrected chi connectivity index (χ4v) is 6.17. The van der Waals surface area contributed by atoms with E-state index in [1.165, 1.54) is 35.6 Å². The topological polar surface area (TPSA) is 132 Å². The molecule has 1 aliphatic carbocycles. The highest BCUT2D eigenvalue weighted by Crippen LogP contribution is 2.29. The van der Waals surface area contributed by atoms with Gasteiger partial charge in [-0.15, -0.1) is 0 Å². The summed E-state index contributed by atoms with van der Waals surface area (Å²) >= 11 is 0. The number of hydrogen-bond donors (Lipinski definition) is 4. The van der Waals surface area contributed by atoms with Gasteiger partial charge in [0.05, 0.1) is 30.4 Å². The molecule has 0 radical (unpaired) electrons. The lowest BCUT2D eigenvalue weighted by Gasteiger charge is -2.35. The van der Waals surface area contributed by atoms with Crippen LogP contribution >= 0.6 is 0 Å². The number of likely N-dealkylation sites (N-methyl/N-ethyl adjacent to an activating group) is 1. The number of hydrogen-bond acceptors (Lipinski definition) is 6. The van der Waals surface area contributed by atoms with E-state index in [2.05, 4.69) is 16.0 Å². The number of amides is 5. The van der Waals surface area contributed by atoms with E-state index in [1.54, 1.807) is 37.1 Å². The summed E-state index contributed by atoms with van der Waals surface area (Å²) in [7, 11) is 1.66. The summed E-state index contributed by atoms with van der Waals surface area (Å²) in [6.45, 7) is 6.36. The van der Waals surface area contributed by atoms with Gasteiger partial charge in [-0.2, -0.15) is 0 Å². The first-order chi connectivity index (χ1) is 23.0. The molecule has 0 aromatic heterocycles. The maximum Gasteiger partial charge on any atom is 0.321 e. The van der Waals surface area contributed by atoms with Crippen LogP contribution in [-0.2, 0) is 4.74 Å². The largest absolute Gasteiger partial charge is 0.490 e. The standard InChI is InChI=1S/C36H52FN5O6/c1-24-21-42(25(2)23-43)34(44)31-20-30(39-35(45)38-28-11-6-5-7-12-28)17-18-32(31)48-26(3)10-8-9-19-47-33(24)22-41(4)36(46)40-29-15-13-27(37)14-16-29/h13-18,20,24-26,28,33,43H,5-12,19,21-23H2,1-4H3,(H,40,46)(H2,38,39,45)/t24-,25+,26-,33-/m1/s1. The number of aliphatic hydroxyl groups is 1. The predicted molar refractivity (Wildman–Crippen MR) is 184 cm³/mol. The van der Waals surface area contributed by atoms with E-state index in [0.29, 0.717) is 23.7 Å². The quantitative estimate of drug-likeness (QED) is 0.276. The summed E-state index contributed by atoms with van der Waals surface area (Å²) in [5, 5.41) is 18.9. The van der Waals surface area contributed by atoms with E-state index in [4.69, 9.17) is 9.47 Å². The first-order valence-electron chi connectivity index (χ1n) is 17.2. The average Bonchev–Trinajstić information content (AvgIpc) is 3.07. The number of fused-ring (bicyclic) bond motifs is 1. The number of aliphatic hydroxyl groups excluding tert-OH is 1. The van der Waals surface area contributed by atoms with E-state index in [-0.39, 0.29) is 61.3 Å². The Labute approximate surface area is 283 Å². The lowest BCUT2D eigenvalue weighted by atomic mass is 9.96. The minimum absolute atomic E-state index is 0.132. The molecular weight excluding hydrogens is 617 g/mol. The van der Waals surface area contributed by atoms with E-state index in [0.717, 1.165) is 44.9 Å². The number of ether oxygens (including phenoxy) is 2. The number of nitrogens with one attached hydrogen (secondary N) is 3. The Bertz CT molecular complexity index is 1350. The molecule has 0 spiro atoms. The molecule has 1 aliphatic heterocycles. The zero-order valence-electron chi connectivity index (χ0n) is 28.7. The van der Waals surface area contributed by atoms with Gasteiger partial charge >= 0.3 is 12.1 Å². The molecule has 2 aromatic rings. The van der Waals surface area contributed by atoms with E-state index in [9.17, 15) is 23.9 Å². The van der Waals surface area contributed by atoms with Crippen molar-refractivity contribution in [2.75, 3.05) is 44.0 Å². The van der Waals surface area contributed by atoms with Crippen LogP contribution in [0.1, 0.15) is 82.5 Å². The van der Waals surface area contributed by atoms with E-state index >= 15 is 0 Å². The van der Waals surface area contributed by atoms with Crippen molar-refractivity contribution in [3.8, 4) is 5.75 Å². The number of urea groups is 2. The van der Waals surface area contributed by atoms with Gasteiger partial charge in [-0.25, -0.2) is 14.0 Å². The monoisotopic (exact) mass is 669 g/mol. The minimum atomic E-state index is -0.538. The maximum absolute atomic E-state index is 14.3. The first-order valence-corrected chi connectivity index (χ1v) is 17.2. The number of nitrogens with zero attached hydrogens (tertiary/aromatic N) is 2. The van der Waals surface area contributed by atoms with Crippen molar-refractivity contribution in [1.82, 2.24) is 15.1 Å². The fraction of sp³-hybridized carbons (Fsp3) is 0.583. The van der Waals surface area contributed by atoms with Gasteiger partial charge in [0.1, 0.15) is 11.6 Å². The van der Waals surface area contributed by atoms with Crippen LogP contribution in [0, 0.1) is 11.7 Å². The molecule has 4 rings (SSSR count). The minimum Gasteiger partial charge on any atom is -0.490 e. The van der Waals surface area contributed by atoms with Crippen molar-refractivity contribution in [2.45, 2.75) is 96.4 Å². The van der Waals surface area contributed by atoms with Crippen molar-refractivity contribution in [3.63, 3.8) is 0 Å². The van der Waals surface area contributed by atoms with Gasteiger partial charge < -0.3 is 40.3 Å². The third kappa shape index (κ3) is 10.8. The molecule has 48 heavy (non-hydrogen) atoms. The van der Waals surface area contributed by atoms with Crippen molar-refractivity contribution in [3.05, 3.63) is 53.8 Å². The van der Waals surface area contributed by atoms with Gasteiger partial charge in [-0.05, 0) is 88.4 Å². The molecular formula is C36H52FN5O6. The second-order valence-electron chi connectivity index (χ2n) is 13.3. The molecule has 1 saturated carbocycles. The molecule has 2 aliphatic rings. The van der Waals surface area contributed by atoms with Crippen molar-refractivity contribution in [2.24, 2.45) is 5.92 Å². The molecule has 12 heteroatoms. The number of halogens is 1. The second kappa shape index (κ2) is 18.0. The van der Waals surface area contributed by atoms with Gasteiger partial charge in [0, 0.05) is 50.1 Å². The third-order valence-electron chi connectivity index (χ3n) is 9.15. The SMILES string of the molecule is C[C@@H]1CCCCO[C@H](CN(C)C(=O)Nc2ccc(F)cc2)[C@H](C)CN([C@@H](C)CO)C(=O)c2cc(NC(=O)NC3CCCCC3)ccc2O1. The van der Waals surface area contributed by atoms with Gasteiger partial charge in [0.2, 0.25) is 0 Å². The Morgan fingerprint density at radius 2 is 1.69 bits per heavy atom. The lowest BCUT2D eigenvalue weighted by Crippen LogP contribution is -2.48. The predicted octanol–water partition coefficient (Wildman–Crippen LogP) is 6.24. The van der Waals surface area contributed by atoms with E-state index in [1.807, 2.05) is 13.8 Å². The molecule has 1 heterocycles. The summed E-state index contributed by atoms with van der Waals surface area (Å²) in [6, 6.07) is 9.55. The van der Waals surface area contributed by atoms with Crippen LogP contribution in [0.3, 0.4) is 0 Å². The normalized spacial score (nSPS) is 22.0. The zero-order chi connectivity index (χ0) is 34.6. The van der Waals surface area contributed by atoms with Crippen LogP contribution < -0.4 is 20.7 Å². The Hall–Kier alpha value is -3.90. The molecule has 264 valence electrons. The maximum atomic E-state index is 14.3. The fourth-order valence-electron chi connectivity index (χ4n) is 6.17. The van der Waals surface area contributed by atoms with Crippen molar-refractivity contribution < 1.29 is 33.4 Å². The summed E-state index contributed by atoms with van der Waals surface area (Å²) in [4.78, 5) is 43.3. The molecule has 1 fully saturated rings. The highest BCUT2D eigenvalue weighted by Gasteiger charge is 2.31. The molecule has 2 aromatic carbocycles. The summed E-state index contributed by atoms with van der Waals surface area (Å²) in [6.07, 6.45) is 7.01. The highest BCUT2D eigenvalue weighted by molar-refractivity contribution is 5.99. The smallest absolute Gasteiger partial charge is 0.321 e. The molecule has 11 nitrogen and oxygen atoms in total. The first kappa shape index (κ1) is 36.9. The Morgan fingerprint density at radius 1 is 1.00 bits per heavy atom. The Balaban J connectivity index is 1.55. The van der Waals surface area contributed by atoms with Gasteiger partial charge in [-0.1, -0.05) is 26.2 Å². The molecule has 0 bridgehead atoms. The summed E-state index contributed by atoms with van der Waals surface area (Å²) in [5.74, 6) is -0.565. The second-order valence-corrected chi connectivity index (χ2v) is 13.3. The van der Waals surface area contributed by atoms with Crippen LogP contribution in [0.15, 0.2) is 42.5 Å². The molecule has 0 saturated heterocycles. The highest BCUT2D eigenvalue weighted by atomic mass is 19.1. The van der Waals surface area contributed by atoms with Gasteiger partial charge in [0.25, 0.3) is 5.91 Å². The van der Waals surface area contributed by atoms with Crippen LogP contribution in [0.4, 0.5) is 25.4 Å². The van der Waals surface area contributed by atoms with Crippen LogP contribution in [-0.4, -0.2) is 90.5 Å². The van der Waals surface area contributed by atoms with Crippen molar-refractivity contribution in [1.29, 1.82) is 0 Å². The third-order valence-corrected chi connectivity index (χ3v) is 9.15. The molecule has 5 amide bonds. The average molecular weight is 670 g/mol. The number of rotatable bonds is 7. The summed E-state index contributed by atoms with van der Waals surface area (Å²) in [5.41, 5.74) is 1.22.